The summed E-state index contributed by atoms with van der Waals surface area (Å²) in [6, 6.07) is 14.4. The van der Waals surface area contributed by atoms with Gasteiger partial charge in [0.05, 0.1) is 30.0 Å². The Labute approximate surface area is 185 Å². The van der Waals surface area contributed by atoms with Crippen LogP contribution in [-0.4, -0.2) is 33.8 Å². The van der Waals surface area contributed by atoms with E-state index in [0.717, 1.165) is 9.46 Å². The summed E-state index contributed by atoms with van der Waals surface area (Å²) in [6.07, 6.45) is -1.49. The smallest absolute Gasteiger partial charge is 0.450 e. The zero-order valence-corrected chi connectivity index (χ0v) is 17.8. The van der Waals surface area contributed by atoms with E-state index < -0.39 is 12.0 Å². The third kappa shape index (κ3) is 4.26. The Hall–Kier alpha value is -3.53. The minimum Gasteiger partial charge on any atom is -0.497 e. The first-order valence-corrected chi connectivity index (χ1v) is 10.6. The maximum atomic E-state index is 13.7. The second-order valence-corrected chi connectivity index (χ2v) is 7.59. The second kappa shape index (κ2) is 8.54. The molecule has 4 aromatic rings. The Bertz CT molecular complexity index is 1270. The maximum Gasteiger partial charge on any atom is 0.450 e. The molecule has 1 amide bonds. The van der Waals surface area contributed by atoms with E-state index >= 15 is 0 Å². The Morgan fingerprint density at radius 3 is 2.44 bits per heavy atom. The molecule has 2 heterocycles. The normalized spacial score (nSPS) is 11.5. The van der Waals surface area contributed by atoms with Crippen LogP contribution in [0.15, 0.2) is 65.7 Å². The van der Waals surface area contributed by atoms with Crippen LogP contribution in [0.3, 0.4) is 0 Å². The number of pyridine rings is 1. The number of amides is 1. The lowest BCUT2D eigenvalue weighted by Gasteiger charge is -2.12. The lowest BCUT2D eigenvalue weighted by Crippen LogP contribution is -2.15. The van der Waals surface area contributed by atoms with Gasteiger partial charge in [0.1, 0.15) is 11.6 Å². The van der Waals surface area contributed by atoms with Gasteiger partial charge in [0.2, 0.25) is 5.82 Å². The van der Waals surface area contributed by atoms with Crippen LogP contribution in [0.25, 0.3) is 16.7 Å². The van der Waals surface area contributed by atoms with Crippen LogP contribution in [0.1, 0.15) is 16.2 Å². The van der Waals surface area contributed by atoms with Crippen molar-refractivity contribution in [1.82, 2.24) is 14.5 Å². The van der Waals surface area contributed by atoms with Gasteiger partial charge in [-0.1, -0.05) is 0 Å². The van der Waals surface area contributed by atoms with E-state index in [1.54, 1.807) is 30.0 Å². The quantitative estimate of drug-likeness (QED) is 0.405. The number of carbonyl (C=O) groups excluding carboxylic acids is 1. The Morgan fingerprint density at radius 2 is 1.84 bits per heavy atom. The molecule has 0 unspecified atom stereocenters. The number of hydrogen-bond donors (Lipinski definition) is 1. The molecule has 1 N–H and O–H groups in total. The molecular formula is C22H17F3N4O2S. The summed E-state index contributed by atoms with van der Waals surface area (Å²) in [5.41, 5.74) is 1.00. The lowest BCUT2D eigenvalue weighted by atomic mass is 10.2. The fourth-order valence-corrected chi connectivity index (χ4v) is 3.57. The monoisotopic (exact) mass is 458 g/mol. The van der Waals surface area contributed by atoms with Gasteiger partial charge >= 0.3 is 6.18 Å². The predicted octanol–water partition coefficient (Wildman–Crippen LogP) is 5.42. The number of aromatic nitrogens is 3. The molecule has 32 heavy (non-hydrogen) atoms. The van der Waals surface area contributed by atoms with Crippen LogP contribution in [0.4, 0.5) is 19.0 Å². The largest absolute Gasteiger partial charge is 0.497 e. The highest BCUT2D eigenvalue weighted by molar-refractivity contribution is 7.98. The SMILES string of the molecule is COc1ccc2c(c1)nc(C(F)(F)F)n2-c1ccc(NC(=O)c2ccc(SC)cc2)nc1. The van der Waals surface area contributed by atoms with Crippen LogP contribution < -0.4 is 10.1 Å². The molecule has 2 aromatic carbocycles. The number of imidazole rings is 1. The third-order valence-corrected chi connectivity index (χ3v) is 5.46. The first kappa shape index (κ1) is 21.7. The fourth-order valence-electron chi connectivity index (χ4n) is 3.16. The summed E-state index contributed by atoms with van der Waals surface area (Å²) in [5.74, 6) is -0.827. The fraction of sp³-hybridized carbons (Fsp3) is 0.136. The summed E-state index contributed by atoms with van der Waals surface area (Å²) >= 11 is 1.56. The van der Waals surface area contributed by atoms with Gasteiger partial charge in [0.25, 0.3) is 5.91 Å². The molecule has 10 heteroatoms. The van der Waals surface area contributed by atoms with Gasteiger partial charge in [-0.25, -0.2) is 9.97 Å². The molecule has 0 aliphatic rings. The molecular weight excluding hydrogens is 441 g/mol. The molecule has 6 nitrogen and oxygen atoms in total. The van der Waals surface area contributed by atoms with Crippen LogP contribution in [0, 0.1) is 0 Å². The van der Waals surface area contributed by atoms with Gasteiger partial charge in [0, 0.05) is 16.5 Å². The van der Waals surface area contributed by atoms with Gasteiger partial charge in [-0.05, 0) is 54.8 Å². The number of ether oxygens (including phenoxy) is 1. The summed E-state index contributed by atoms with van der Waals surface area (Å²) in [7, 11) is 1.43. The number of nitrogens with zero attached hydrogens (tertiary/aromatic N) is 3. The number of methoxy groups -OCH3 is 1. The standard InChI is InChI=1S/C22H17F3N4O2S/c1-31-15-6-9-18-17(11-15)27-21(22(23,24)25)29(18)14-5-10-19(26-12-14)28-20(30)13-3-7-16(32-2)8-4-13/h3-12H,1-2H3,(H,26,28,30). The molecule has 164 valence electrons. The third-order valence-electron chi connectivity index (χ3n) is 4.72. The topological polar surface area (TPSA) is 69.0 Å². The van der Waals surface area contributed by atoms with Gasteiger partial charge < -0.3 is 10.1 Å². The van der Waals surface area contributed by atoms with Gasteiger partial charge in [0.15, 0.2) is 0 Å². The van der Waals surface area contributed by atoms with Gasteiger partial charge in [-0.2, -0.15) is 13.2 Å². The van der Waals surface area contributed by atoms with E-state index in [1.807, 2.05) is 18.4 Å². The van der Waals surface area contributed by atoms with E-state index in [-0.39, 0.29) is 28.4 Å². The van der Waals surface area contributed by atoms with Crippen molar-refractivity contribution in [1.29, 1.82) is 0 Å². The average molecular weight is 458 g/mol. The summed E-state index contributed by atoms with van der Waals surface area (Å²) in [6.45, 7) is 0. The summed E-state index contributed by atoms with van der Waals surface area (Å²) in [4.78, 5) is 21.3. The number of fused-ring (bicyclic) bond motifs is 1. The van der Waals surface area contributed by atoms with Crippen LogP contribution in [-0.2, 0) is 6.18 Å². The Kier molecular flexibility index (Phi) is 5.79. The number of alkyl halides is 3. The van der Waals surface area contributed by atoms with Crippen molar-refractivity contribution in [2.75, 3.05) is 18.7 Å². The highest BCUT2D eigenvalue weighted by Crippen LogP contribution is 2.34. The van der Waals surface area contributed by atoms with Crippen molar-refractivity contribution in [3.05, 3.63) is 72.2 Å². The molecule has 0 saturated heterocycles. The highest BCUT2D eigenvalue weighted by Gasteiger charge is 2.38. The Balaban J connectivity index is 1.65. The number of carbonyl (C=O) groups is 1. The second-order valence-electron chi connectivity index (χ2n) is 6.71. The number of thioether (sulfide) groups is 1. The zero-order chi connectivity index (χ0) is 22.9. The molecule has 4 rings (SSSR count). The molecule has 0 aliphatic carbocycles. The molecule has 0 spiro atoms. The van der Waals surface area contributed by atoms with Gasteiger partial charge in [-0.15, -0.1) is 11.8 Å². The Morgan fingerprint density at radius 1 is 1.09 bits per heavy atom. The number of halogens is 3. The minimum absolute atomic E-state index is 0.141. The van der Waals surface area contributed by atoms with E-state index in [0.29, 0.717) is 11.3 Å². The van der Waals surface area contributed by atoms with E-state index in [9.17, 15) is 18.0 Å². The average Bonchev–Trinajstić information content (AvgIpc) is 3.19. The number of nitrogens with one attached hydrogen (secondary N) is 1. The highest BCUT2D eigenvalue weighted by atomic mass is 32.2. The van der Waals surface area contributed by atoms with Crippen molar-refractivity contribution in [3.63, 3.8) is 0 Å². The van der Waals surface area contributed by atoms with Crippen molar-refractivity contribution in [2.45, 2.75) is 11.1 Å². The van der Waals surface area contributed by atoms with Crippen LogP contribution >= 0.6 is 11.8 Å². The minimum atomic E-state index is -4.68. The lowest BCUT2D eigenvalue weighted by molar-refractivity contribution is -0.145. The first-order chi connectivity index (χ1) is 15.3. The molecule has 0 bridgehead atoms. The number of benzene rings is 2. The van der Waals surface area contributed by atoms with Crippen LogP contribution in [0.2, 0.25) is 0 Å². The summed E-state index contributed by atoms with van der Waals surface area (Å²) in [5, 5.41) is 2.64. The molecule has 0 fully saturated rings. The molecule has 0 aliphatic heterocycles. The van der Waals surface area contributed by atoms with Crippen molar-refractivity contribution in [3.8, 4) is 11.4 Å². The van der Waals surface area contributed by atoms with Crippen molar-refractivity contribution < 1.29 is 22.7 Å². The predicted molar refractivity (Wildman–Crippen MR) is 117 cm³/mol. The molecule has 0 atom stereocenters. The molecule has 0 saturated carbocycles. The summed E-state index contributed by atoms with van der Waals surface area (Å²) < 4.78 is 47.0. The maximum absolute atomic E-state index is 13.7. The molecule has 2 aromatic heterocycles. The van der Waals surface area contributed by atoms with E-state index in [4.69, 9.17) is 4.74 Å². The molecule has 0 radical (unpaired) electrons. The van der Waals surface area contributed by atoms with Crippen molar-refractivity contribution in [2.24, 2.45) is 0 Å². The van der Waals surface area contributed by atoms with E-state index in [2.05, 4.69) is 15.3 Å². The van der Waals surface area contributed by atoms with Gasteiger partial charge in [-0.3, -0.25) is 9.36 Å². The number of anilines is 1. The van der Waals surface area contributed by atoms with Crippen molar-refractivity contribution >= 4 is 34.5 Å². The number of rotatable bonds is 5. The number of hydrogen-bond acceptors (Lipinski definition) is 5. The van der Waals surface area contributed by atoms with Crippen LogP contribution in [0.5, 0.6) is 5.75 Å². The van der Waals surface area contributed by atoms with E-state index in [1.165, 1.54) is 37.6 Å². The zero-order valence-electron chi connectivity index (χ0n) is 17.0. The first-order valence-electron chi connectivity index (χ1n) is 9.35.